The van der Waals surface area contributed by atoms with Gasteiger partial charge in [0, 0.05) is 19.5 Å². The number of nitrogens with one attached hydrogen (secondary N) is 1. The molecule has 2 amide bonds. The van der Waals surface area contributed by atoms with E-state index in [0.29, 0.717) is 19.5 Å². The molecule has 0 heterocycles. The fourth-order valence-electron chi connectivity index (χ4n) is 3.68. The summed E-state index contributed by atoms with van der Waals surface area (Å²) < 4.78 is 0. The molecule has 3 rings (SSSR count). The Labute approximate surface area is 191 Å². The van der Waals surface area contributed by atoms with E-state index >= 15 is 0 Å². The highest BCUT2D eigenvalue weighted by atomic mass is 16.2. The molecular weight excluding hydrogens is 396 g/mol. The molecule has 1 atom stereocenters. The molecule has 3 aromatic rings. The van der Waals surface area contributed by atoms with Gasteiger partial charge in [-0.15, -0.1) is 0 Å². The largest absolute Gasteiger partial charge is 0.354 e. The lowest BCUT2D eigenvalue weighted by Gasteiger charge is -2.31. The van der Waals surface area contributed by atoms with Crippen LogP contribution in [0.5, 0.6) is 0 Å². The summed E-state index contributed by atoms with van der Waals surface area (Å²) in [4.78, 5) is 28.5. The maximum absolute atomic E-state index is 13.6. The molecule has 0 spiro atoms. The lowest BCUT2D eigenvalue weighted by atomic mass is 10.0. The van der Waals surface area contributed by atoms with Crippen LogP contribution in [0.25, 0.3) is 0 Å². The zero-order valence-electron chi connectivity index (χ0n) is 19.0. The minimum absolute atomic E-state index is 0.0507. The van der Waals surface area contributed by atoms with Gasteiger partial charge < -0.3 is 10.2 Å². The minimum atomic E-state index is -0.581. The first-order chi connectivity index (χ1) is 15.6. The molecule has 166 valence electrons. The maximum Gasteiger partial charge on any atom is 0.243 e. The zero-order chi connectivity index (χ0) is 22.8. The number of carbonyl (C=O) groups is 2. The maximum atomic E-state index is 13.6. The van der Waals surface area contributed by atoms with Gasteiger partial charge in [-0.1, -0.05) is 97.4 Å². The van der Waals surface area contributed by atoms with Gasteiger partial charge in [0.05, 0.1) is 6.42 Å². The van der Waals surface area contributed by atoms with Crippen LogP contribution in [0.4, 0.5) is 0 Å². The van der Waals surface area contributed by atoms with Crippen LogP contribution in [0.3, 0.4) is 0 Å². The Morgan fingerprint density at radius 3 is 2.00 bits per heavy atom. The molecule has 1 N–H and O–H groups in total. The summed E-state index contributed by atoms with van der Waals surface area (Å²) in [7, 11) is 0. The number of hydrogen-bond donors (Lipinski definition) is 1. The average molecular weight is 429 g/mol. The number of rotatable bonds is 10. The second-order valence-corrected chi connectivity index (χ2v) is 8.17. The molecule has 0 fully saturated rings. The van der Waals surface area contributed by atoms with E-state index in [1.54, 1.807) is 4.90 Å². The van der Waals surface area contributed by atoms with Gasteiger partial charge >= 0.3 is 0 Å². The van der Waals surface area contributed by atoms with Gasteiger partial charge in [-0.25, -0.2) is 0 Å². The highest BCUT2D eigenvalue weighted by Gasteiger charge is 2.30. The summed E-state index contributed by atoms with van der Waals surface area (Å²) in [6.07, 6.45) is 1.59. The average Bonchev–Trinajstić information content (AvgIpc) is 2.82. The van der Waals surface area contributed by atoms with E-state index in [1.165, 1.54) is 0 Å². The van der Waals surface area contributed by atoms with Crippen LogP contribution in [0, 0.1) is 6.92 Å². The van der Waals surface area contributed by atoms with Crippen LogP contribution < -0.4 is 5.32 Å². The quantitative estimate of drug-likeness (QED) is 0.509. The fraction of sp³-hybridized carbons (Fsp3) is 0.286. The molecule has 3 aromatic carbocycles. The predicted molar refractivity (Wildman–Crippen MR) is 129 cm³/mol. The van der Waals surface area contributed by atoms with E-state index < -0.39 is 6.04 Å². The molecule has 0 aliphatic heterocycles. The molecule has 0 saturated heterocycles. The Bertz CT molecular complexity index is 985. The van der Waals surface area contributed by atoms with Crippen LogP contribution in [0.15, 0.2) is 84.9 Å². The number of hydrogen-bond acceptors (Lipinski definition) is 2. The van der Waals surface area contributed by atoms with E-state index in [1.807, 2.05) is 98.8 Å². The van der Waals surface area contributed by atoms with Crippen molar-refractivity contribution in [1.82, 2.24) is 10.2 Å². The van der Waals surface area contributed by atoms with Crippen molar-refractivity contribution in [2.24, 2.45) is 0 Å². The molecule has 0 radical (unpaired) electrons. The number of amides is 2. The SMILES string of the molecule is CCCNC(=O)[C@H](Cc1ccccc1)N(Cc1ccccc1)C(=O)Cc1ccc(C)cc1. The number of carbonyl (C=O) groups excluding carboxylic acids is 2. The first-order valence-corrected chi connectivity index (χ1v) is 11.3. The third kappa shape index (κ3) is 6.81. The Morgan fingerprint density at radius 1 is 0.812 bits per heavy atom. The van der Waals surface area contributed by atoms with Gasteiger partial charge in [0.2, 0.25) is 11.8 Å². The van der Waals surface area contributed by atoms with Crippen molar-refractivity contribution in [3.05, 3.63) is 107 Å². The standard InChI is InChI=1S/C28H32N2O2/c1-3-18-29-28(32)26(19-23-10-6-4-7-11-23)30(21-25-12-8-5-9-13-25)27(31)20-24-16-14-22(2)15-17-24/h4-17,26H,3,18-21H2,1-2H3,(H,29,32)/t26-/m0/s1. The first-order valence-electron chi connectivity index (χ1n) is 11.3. The second kappa shape index (κ2) is 11.8. The van der Waals surface area contributed by atoms with Crippen molar-refractivity contribution in [3.63, 3.8) is 0 Å². The van der Waals surface area contributed by atoms with Gasteiger partial charge in [0.25, 0.3) is 0 Å². The Kier molecular flexibility index (Phi) is 8.61. The summed E-state index contributed by atoms with van der Waals surface area (Å²) in [5.41, 5.74) is 4.14. The van der Waals surface area contributed by atoms with Crippen molar-refractivity contribution in [2.75, 3.05) is 6.54 Å². The molecule has 0 aliphatic carbocycles. The van der Waals surface area contributed by atoms with Gasteiger partial charge in [0.1, 0.15) is 6.04 Å². The number of aryl methyl sites for hydroxylation is 1. The molecule has 4 heteroatoms. The second-order valence-electron chi connectivity index (χ2n) is 8.17. The summed E-state index contributed by atoms with van der Waals surface area (Å²) in [6.45, 7) is 5.04. The Balaban J connectivity index is 1.92. The van der Waals surface area contributed by atoms with Crippen molar-refractivity contribution in [1.29, 1.82) is 0 Å². The highest BCUT2D eigenvalue weighted by molar-refractivity contribution is 5.88. The normalized spacial score (nSPS) is 11.6. The third-order valence-corrected chi connectivity index (χ3v) is 5.49. The minimum Gasteiger partial charge on any atom is -0.354 e. The van der Waals surface area contributed by atoms with Crippen LogP contribution >= 0.6 is 0 Å². The summed E-state index contributed by atoms with van der Waals surface area (Å²) in [5.74, 6) is -0.158. The molecule has 0 saturated carbocycles. The topological polar surface area (TPSA) is 49.4 Å². The van der Waals surface area contributed by atoms with Crippen molar-refractivity contribution >= 4 is 11.8 Å². The van der Waals surface area contributed by atoms with E-state index in [-0.39, 0.29) is 18.2 Å². The highest BCUT2D eigenvalue weighted by Crippen LogP contribution is 2.17. The third-order valence-electron chi connectivity index (χ3n) is 5.49. The van der Waals surface area contributed by atoms with Gasteiger partial charge in [-0.05, 0) is 30.0 Å². The number of nitrogens with zero attached hydrogens (tertiary/aromatic N) is 1. The summed E-state index contributed by atoms with van der Waals surface area (Å²) >= 11 is 0. The molecule has 32 heavy (non-hydrogen) atoms. The van der Waals surface area contributed by atoms with Crippen molar-refractivity contribution in [2.45, 2.75) is 45.7 Å². The molecule has 4 nitrogen and oxygen atoms in total. The molecular formula is C28H32N2O2. The van der Waals surface area contributed by atoms with E-state index in [4.69, 9.17) is 0 Å². The summed E-state index contributed by atoms with van der Waals surface area (Å²) in [5, 5.41) is 3.01. The lowest BCUT2D eigenvalue weighted by Crippen LogP contribution is -2.51. The van der Waals surface area contributed by atoms with Gasteiger partial charge in [-0.3, -0.25) is 9.59 Å². The van der Waals surface area contributed by atoms with E-state index in [9.17, 15) is 9.59 Å². The van der Waals surface area contributed by atoms with E-state index in [0.717, 1.165) is 28.7 Å². The van der Waals surface area contributed by atoms with Crippen LogP contribution in [0.1, 0.15) is 35.6 Å². The van der Waals surface area contributed by atoms with Crippen LogP contribution in [0.2, 0.25) is 0 Å². The van der Waals surface area contributed by atoms with Crippen molar-refractivity contribution in [3.8, 4) is 0 Å². The zero-order valence-corrected chi connectivity index (χ0v) is 19.0. The van der Waals surface area contributed by atoms with Crippen LogP contribution in [-0.2, 0) is 29.0 Å². The predicted octanol–water partition coefficient (Wildman–Crippen LogP) is 4.70. The van der Waals surface area contributed by atoms with Crippen LogP contribution in [-0.4, -0.2) is 29.3 Å². The van der Waals surface area contributed by atoms with E-state index in [2.05, 4.69) is 5.32 Å². The molecule has 0 aromatic heterocycles. The summed E-state index contributed by atoms with van der Waals surface area (Å²) in [6, 6.07) is 27.2. The van der Waals surface area contributed by atoms with Crippen molar-refractivity contribution < 1.29 is 9.59 Å². The fourth-order valence-corrected chi connectivity index (χ4v) is 3.68. The Morgan fingerprint density at radius 2 is 1.41 bits per heavy atom. The monoisotopic (exact) mass is 428 g/mol. The lowest BCUT2D eigenvalue weighted by molar-refractivity contribution is -0.140. The Hall–Kier alpha value is -3.40. The molecule has 0 aliphatic rings. The first kappa shape index (κ1) is 23.3. The molecule has 0 bridgehead atoms. The smallest absolute Gasteiger partial charge is 0.243 e. The molecule has 0 unspecified atom stereocenters. The van der Waals surface area contributed by atoms with Gasteiger partial charge in [-0.2, -0.15) is 0 Å². The van der Waals surface area contributed by atoms with Gasteiger partial charge in [0.15, 0.2) is 0 Å². The number of benzene rings is 3.